The summed E-state index contributed by atoms with van der Waals surface area (Å²) >= 11 is 0. The molecule has 0 aromatic rings. The highest BCUT2D eigenvalue weighted by Crippen LogP contribution is 2.22. The lowest BCUT2D eigenvalue weighted by Crippen LogP contribution is -2.28. The lowest BCUT2D eigenvalue weighted by Gasteiger charge is -2.16. The zero-order valence-corrected chi connectivity index (χ0v) is 19.7. The van der Waals surface area contributed by atoms with Crippen LogP contribution >= 0.6 is 0 Å². The van der Waals surface area contributed by atoms with Crippen LogP contribution in [0.15, 0.2) is 0 Å². The fourth-order valence-corrected chi connectivity index (χ4v) is 3.67. The summed E-state index contributed by atoms with van der Waals surface area (Å²) in [5, 5.41) is 3.29. The monoisotopic (exact) mass is 397 g/mol. The second kappa shape index (κ2) is 21.3. The Morgan fingerprint density at radius 3 is 1.89 bits per heavy atom. The maximum atomic E-state index is 12.0. The third-order valence-electron chi connectivity index (χ3n) is 5.81. The van der Waals surface area contributed by atoms with Gasteiger partial charge in [-0.3, -0.25) is 4.79 Å². The number of carbonyl (C=O) groups is 1. The van der Waals surface area contributed by atoms with Gasteiger partial charge in [0, 0.05) is 19.1 Å². The fourth-order valence-electron chi connectivity index (χ4n) is 3.67. The quantitative estimate of drug-likeness (QED) is 0.201. The molecule has 0 aliphatic carbocycles. The Morgan fingerprint density at radius 2 is 1.29 bits per heavy atom. The van der Waals surface area contributed by atoms with Crippen molar-refractivity contribution in [1.29, 1.82) is 0 Å². The van der Waals surface area contributed by atoms with Crippen molar-refractivity contribution >= 4 is 5.78 Å². The van der Waals surface area contributed by atoms with E-state index in [2.05, 4.69) is 33.0 Å². The van der Waals surface area contributed by atoms with E-state index in [-0.39, 0.29) is 5.92 Å². The van der Waals surface area contributed by atoms with Gasteiger partial charge in [0.25, 0.3) is 0 Å². The fraction of sp³-hybridized carbons (Fsp3) is 0.960. The molecule has 0 spiro atoms. The second-order valence-electron chi connectivity index (χ2n) is 8.65. The molecular formula is C25H51NO2. The lowest BCUT2D eigenvalue weighted by molar-refractivity contribution is -0.121. The summed E-state index contributed by atoms with van der Waals surface area (Å²) in [5.41, 5.74) is 0. The van der Waals surface area contributed by atoms with Gasteiger partial charge in [0.1, 0.15) is 5.78 Å². The Hall–Kier alpha value is -0.410. The van der Waals surface area contributed by atoms with Gasteiger partial charge in [-0.05, 0) is 38.1 Å². The molecule has 28 heavy (non-hydrogen) atoms. The van der Waals surface area contributed by atoms with Gasteiger partial charge in [0.2, 0.25) is 0 Å². The summed E-state index contributed by atoms with van der Waals surface area (Å²) in [6.45, 7) is 12.1. The molecule has 0 radical (unpaired) electrons. The molecule has 168 valence electrons. The number of nitrogens with one attached hydrogen (secondary N) is 1. The number of hydrogen-bond donors (Lipinski definition) is 1. The molecule has 0 aromatic heterocycles. The first kappa shape index (κ1) is 27.6. The number of carbonyl (C=O) groups excluding carboxylic acids is 1. The molecule has 0 saturated carbocycles. The Labute approximate surface area is 176 Å². The molecule has 1 atom stereocenters. The molecule has 0 aliphatic rings. The van der Waals surface area contributed by atoms with E-state index in [0.717, 1.165) is 51.4 Å². The first-order chi connectivity index (χ1) is 13.7. The van der Waals surface area contributed by atoms with Crippen molar-refractivity contribution in [3.63, 3.8) is 0 Å². The van der Waals surface area contributed by atoms with Crippen LogP contribution in [0.3, 0.4) is 0 Å². The minimum absolute atomic E-state index is 0.208. The van der Waals surface area contributed by atoms with Crippen molar-refractivity contribution in [1.82, 2.24) is 5.32 Å². The van der Waals surface area contributed by atoms with Crippen LogP contribution in [0.1, 0.15) is 118 Å². The highest BCUT2D eigenvalue weighted by molar-refractivity contribution is 5.82. The molecule has 0 saturated heterocycles. The first-order valence-corrected chi connectivity index (χ1v) is 12.5. The Kier molecular flexibility index (Phi) is 21.0. The van der Waals surface area contributed by atoms with Crippen LogP contribution in [0.4, 0.5) is 0 Å². The molecule has 1 unspecified atom stereocenters. The molecule has 3 nitrogen and oxygen atoms in total. The summed E-state index contributed by atoms with van der Waals surface area (Å²) in [6.07, 6.45) is 17.7. The molecular weight excluding hydrogens is 346 g/mol. The number of Topliss-reactive ketones (excluding diaryl/α,β-unsaturated/α-hetero) is 1. The van der Waals surface area contributed by atoms with Crippen LogP contribution in [0, 0.1) is 11.8 Å². The van der Waals surface area contributed by atoms with Crippen LogP contribution in [0.25, 0.3) is 0 Å². The van der Waals surface area contributed by atoms with Gasteiger partial charge in [0.15, 0.2) is 0 Å². The summed E-state index contributed by atoms with van der Waals surface area (Å²) < 4.78 is 5.79. The molecule has 3 heteroatoms. The van der Waals surface area contributed by atoms with E-state index < -0.39 is 0 Å². The standard InChI is InChI=1S/C25H51NO2/c1-5-8-15-23(4)25(27)22-26-19-12-14-21-28-20-13-11-18-24(16-9-6-2)17-10-7-3/h23-24,26H,5-22H2,1-4H3. The van der Waals surface area contributed by atoms with Crippen LogP contribution in [0.2, 0.25) is 0 Å². The molecule has 0 aliphatic heterocycles. The van der Waals surface area contributed by atoms with Gasteiger partial charge in [-0.15, -0.1) is 0 Å². The molecule has 0 rings (SSSR count). The Balaban J connectivity index is 3.45. The molecule has 0 fully saturated rings. The van der Waals surface area contributed by atoms with E-state index in [4.69, 9.17) is 4.74 Å². The van der Waals surface area contributed by atoms with Crippen molar-refractivity contribution in [2.45, 2.75) is 118 Å². The Bertz CT molecular complexity index is 325. The smallest absolute Gasteiger partial charge is 0.149 e. The normalized spacial score (nSPS) is 12.6. The van der Waals surface area contributed by atoms with E-state index in [1.807, 2.05) is 0 Å². The number of ether oxygens (including phenoxy) is 1. The van der Waals surface area contributed by atoms with Gasteiger partial charge in [-0.1, -0.05) is 91.9 Å². The van der Waals surface area contributed by atoms with Crippen molar-refractivity contribution in [2.24, 2.45) is 11.8 Å². The second-order valence-corrected chi connectivity index (χ2v) is 8.65. The van der Waals surface area contributed by atoms with E-state index in [1.54, 1.807) is 0 Å². The average molecular weight is 398 g/mol. The van der Waals surface area contributed by atoms with Crippen LogP contribution < -0.4 is 5.32 Å². The summed E-state index contributed by atoms with van der Waals surface area (Å²) in [7, 11) is 0. The average Bonchev–Trinajstić information content (AvgIpc) is 2.71. The lowest BCUT2D eigenvalue weighted by atomic mass is 9.91. The van der Waals surface area contributed by atoms with Gasteiger partial charge >= 0.3 is 0 Å². The van der Waals surface area contributed by atoms with Crippen molar-refractivity contribution in [3.8, 4) is 0 Å². The third kappa shape index (κ3) is 17.7. The summed E-state index contributed by atoms with van der Waals surface area (Å²) in [6, 6.07) is 0. The number of ketones is 1. The molecule has 0 heterocycles. The molecule has 0 amide bonds. The highest BCUT2D eigenvalue weighted by atomic mass is 16.5. The zero-order chi connectivity index (χ0) is 20.9. The first-order valence-electron chi connectivity index (χ1n) is 12.5. The zero-order valence-electron chi connectivity index (χ0n) is 19.7. The van der Waals surface area contributed by atoms with Crippen molar-refractivity contribution in [3.05, 3.63) is 0 Å². The maximum Gasteiger partial charge on any atom is 0.149 e. The van der Waals surface area contributed by atoms with Gasteiger partial charge < -0.3 is 10.1 Å². The Morgan fingerprint density at radius 1 is 0.750 bits per heavy atom. The number of unbranched alkanes of at least 4 members (excludes halogenated alkanes) is 5. The maximum absolute atomic E-state index is 12.0. The van der Waals surface area contributed by atoms with Gasteiger partial charge in [-0.25, -0.2) is 0 Å². The predicted molar refractivity (Wildman–Crippen MR) is 123 cm³/mol. The largest absolute Gasteiger partial charge is 0.381 e. The van der Waals surface area contributed by atoms with E-state index in [9.17, 15) is 4.79 Å². The van der Waals surface area contributed by atoms with Gasteiger partial charge in [-0.2, -0.15) is 0 Å². The van der Waals surface area contributed by atoms with Crippen LogP contribution in [-0.2, 0) is 9.53 Å². The van der Waals surface area contributed by atoms with E-state index >= 15 is 0 Å². The van der Waals surface area contributed by atoms with Crippen LogP contribution in [0.5, 0.6) is 0 Å². The number of hydrogen-bond acceptors (Lipinski definition) is 3. The predicted octanol–water partition coefficient (Wildman–Crippen LogP) is 6.94. The van der Waals surface area contributed by atoms with Crippen molar-refractivity contribution < 1.29 is 9.53 Å². The minimum atomic E-state index is 0.208. The topological polar surface area (TPSA) is 38.3 Å². The molecule has 1 N–H and O–H groups in total. The van der Waals surface area contributed by atoms with Crippen molar-refractivity contribution in [2.75, 3.05) is 26.3 Å². The minimum Gasteiger partial charge on any atom is -0.381 e. The summed E-state index contributed by atoms with van der Waals surface area (Å²) in [5.74, 6) is 1.51. The molecule has 0 aromatic carbocycles. The van der Waals surface area contributed by atoms with Crippen LogP contribution in [-0.4, -0.2) is 32.1 Å². The summed E-state index contributed by atoms with van der Waals surface area (Å²) in [4.78, 5) is 12.0. The van der Waals surface area contributed by atoms with E-state index in [0.29, 0.717) is 12.3 Å². The number of rotatable bonds is 22. The van der Waals surface area contributed by atoms with Gasteiger partial charge in [0.05, 0.1) is 6.54 Å². The third-order valence-corrected chi connectivity index (χ3v) is 5.81. The molecule has 0 bridgehead atoms. The highest BCUT2D eigenvalue weighted by Gasteiger charge is 2.11. The SMILES string of the molecule is CCCCC(CCCC)CCCCOCCCCNCC(=O)C(C)CCCC. The van der Waals surface area contributed by atoms with E-state index in [1.165, 1.54) is 64.2 Å².